The van der Waals surface area contributed by atoms with Crippen molar-refractivity contribution in [3.05, 3.63) is 83.3 Å². The predicted octanol–water partition coefficient (Wildman–Crippen LogP) is 14.4. The van der Waals surface area contributed by atoms with Crippen LogP contribution in [0, 0.1) is 41.5 Å². The summed E-state index contributed by atoms with van der Waals surface area (Å²) in [6.45, 7) is 31.4. The van der Waals surface area contributed by atoms with Crippen LogP contribution in [0.25, 0.3) is 0 Å². The highest BCUT2D eigenvalue weighted by molar-refractivity contribution is 8.76. The van der Waals surface area contributed by atoms with Crippen LogP contribution in [-0.4, -0.2) is 8.42 Å². The Hall–Kier alpha value is -0.530. The summed E-state index contributed by atoms with van der Waals surface area (Å²) in [6.07, 6.45) is 0. The van der Waals surface area contributed by atoms with Gasteiger partial charge in [0, 0.05) is 35.5 Å². The Labute approximate surface area is 307 Å². The molecule has 0 aliphatic rings. The summed E-state index contributed by atoms with van der Waals surface area (Å²) in [4.78, 5) is 2.62. The van der Waals surface area contributed by atoms with Gasteiger partial charge in [0.2, 0.25) is 0 Å². The van der Waals surface area contributed by atoms with Gasteiger partial charge in [-0.1, -0.05) is 144 Å². The van der Waals surface area contributed by atoms with Crippen LogP contribution >= 0.6 is 67.1 Å². The topological polar surface area (TPSA) is 34.1 Å². The van der Waals surface area contributed by atoms with E-state index in [1.54, 1.807) is 41.5 Å². The Kier molecular flexibility index (Phi) is 14.7. The summed E-state index contributed by atoms with van der Waals surface area (Å²) >= 11 is 19.7. The number of hydrogen-bond acceptors (Lipinski definition) is 4. The maximum atomic E-state index is 11.5. The normalized spacial score (nSPS) is 12.4. The largest absolute Gasteiger partial charge is 0.261 e. The Morgan fingerprint density at radius 3 is 1.04 bits per heavy atom. The first-order valence-electron chi connectivity index (χ1n) is 14.8. The van der Waals surface area contributed by atoms with Crippen LogP contribution in [0.3, 0.4) is 0 Å². The maximum absolute atomic E-state index is 11.5. The highest BCUT2D eigenvalue weighted by atomic mass is 35.7. The van der Waals surface area contributed by atoms with Crippen LogP contribution in [0.1, 0.15) is 120 Å². The van der Waals surface area contributed by atoms with E-state index < -0.39 is 9.05 Å². The molecule has 0 N–H and O–H groups in total. The van der Waals surface area contributed by atoms with Crippen LogP contribution in [-0.2, 0) is 25.3 Å². The molecule has 46 heavy (non-hydrogen) atoms. The minimum Gasteiger partial charge on any atom is -0.207 e. The van der Waals surface area contributed by atoms with Crippen LogP contribution in [0.2, 0.25) is 15.1 Å². The van der Waals surface area contributed by atoms with Gasteiger partial charge in [0.25, 0.3) is 9.05 Å². The average Bonchev–Trinajstić information content (AvgIpc) is 2.85. The third-order valence-electron chi connectivity index (χ3n) is 7.75. The van der Waals surface area contributed by atoms with E-state index in [9.17, 15) is 8.42 Å². The highest BCUT2D eigenvalue weighted by Crippen LogP contribution is 2.48. The number of rotatable bonds is 4. The molecular weight excluding hydrogens is 714 g/mol. The van der Waals surface area contributed by atoms with E-state index in [1.165, 1.54) is 32.0 Å². The van der Waals surface area contributed by atoms with E-state index in [0.29, 0.717) is 16.1 Å². The molecule has 0 heterocycles. The quantitative estimate of drug-likeness (QED) is 0.196. The van der Waals surface area contributed by atoms with Crippen molar-refractivity contribution in [2.75, 3.05) is 0 Å². The Morgan fingerprint density at radius 2 is 0.783 bits per heavy atom. The number of aryl methyl sites for hydroxylation is 3. The van der Waals surface area contributed by atoms with Gasteiger partial charge in [-0.05, 0) is 108 Å². The van der Waals surface area contributed by atoms with Gasteiger partial charge in [0.1, 0.15) is 0 Å². The lowest BCUT2D eigenvalue weighted by Gasteiger charge is -2.25. The Bertz CT molecular complexity index is 1630. The zero-order valence-corrected chi connectivity index (χ0v) is 34.8. The fourth-order valence-corrected chi connectivity index (χ4v) is 11.3. The standard InChI is InChI=1S/C24H32Cl2S2.C12H16Cl2O2S.CH4/c1-13-11-17(23(5,6)7)19(25)15(3)21(13)27-28-22-14(2)12-18(24(8,9)10)20(26)16(22)4;1-7-6-9(12(3,4)5)10(13)8(2)11(7)17(14,15)16;/h11-12H,1-10H3;6H,1-5H3;1H4. The molecule has 3 rings (SSSR count). The summed E-state index contributed by atoms with van der Waals surface area (Å²) in [6, 6.07) is 6.28. The third kappa shape index (κ3) is 10.0. The molecule has 258 valence electrons. The predicted molar refractivity (Wildman–Crippen MR) is 210 cm³/mol. The van der Waals surface area contributed by atoms with E-state index in [2.05, 4.69) is 81.4 Å². The van der Waals surface area contributed by atoms with Crippen molar-refractivity contribution in [1.82, 2.24) is 0 Å². The van der Waals surface area contributed by atoms with Crippen molar-refractivity contribution in [1.29, 1.82) is 0 Å². The van der Waals surface area contributed by atoms with Crippen molar-refractivity contribution in [3.8, 4) is 0 Å². The lowest BCUT2D eigenvalue weighted by Crippen LogP contribution is -2.14. The molecule has 0 aliphatic heterocycles. The van der Waals surface area contributed by atoms with Gasteiger partial charge < -0.3 is 0 Å². The summed E-state index contributed by atoms with van der Waals surface area (Å²) in [5, 5.41) is 2.24. The minimum absolute atomic E-state index is 0. The van der Waals surface area contributed by atoms with Crippen molar-refractivity contribution >= 4 is 76.1 Å². The molecule has 0 aliphatic carbocycles. The SMILES string of the molecule is C.Cc1cc(C(C)(C)C)c(Cl)c(C)c1S(=O)(=O)Cl.Cc1cc(C(C)(C)C)c(Cl)c(C)c1SSc1c(C)cc(C(C)(C)C)c(Cl)c1C. The average molecular weight is 767 g/mol. The fraction of sp³-hybridized carbons (Fsp3) is 0.514. The molecule has 3 aromatic carbocycles. The molecule has 0 amide bonds. The van der Waals surface area contributed by atoms with E-state index in [0.717, 1.165) is 26.7 Å². The summed E-state index contributed by atoms with van der Waals surface area (Å²) in [5.41, 5.74) is 9.31. The first kappa shape index (κ1) is 43.5. The molecule has 0 aromatic heterocycles. The molecule has 0 radical (unpaired) electrons. The van der Waals surface area contributed by atoms with Gasteiger partial charge in [-0.25, -0.2) is 8.42 Å². The molecule has 0 unspecified atom stereocenters. The number of hydrogen-bond donors (Lipinski definition) is 0. The summed E-state index contributed by atoms with van der Waals surface area (Å²) in [5.74, 6) is 0. The van der Waals surface area contributed by atoms with Crippen LogP contribution in [0.15, 0.2) is 32.9 Å². The van der Waals surface area contributed by atoms with Gasteiger partial charge in [0.05, 0.1) is 4.90 Å². The zero-order chi connectivity index (χ0) is 35.2. The number of benzene rings is 3. The van der Waals surface area contributed by atoms with Crippen LogP contribution < -0.4 is 0 Å². The highest BCUT2D eigenvalue weighted by Gasteiger charge is 2.26. The lowest BCUT2D eigenvalue weighted by molar-refractivity contribution is 0.586. The molecule has 0 atom stereocenters. The van der Waals surface area contributed by atoms with E-state index >= 15 is 0 Å². The molecular formula is C37H52Cl4O2S3. The van der Waals surface area contributed by atoms with Crippen LogP contribution in [0.5, 0.6) is 0 Å². The zero-order valence-electron chi connectivity index (χ0n) is 29.3. The van der Waals surface area contributed by atoms with E-state index in [1.807, 2.05) is 20.8 Å². The molecule has 3 aromatic rings. The van der Waals surface area contributed by atoms with Gasteiger partial charge in [-0.2, -0.15) is 0 Å². The molecule has 0 fully saturated rings. The molecule has 9 heteroatoms. The van der Waals surface area contributed by atoms with E-state index in [4.69, 9.17) is 45.5 Å². The molecule has 2 nitrogen and oxygen atoms in total. The monoisotopic (exact) mass is 764 g/mol. The Morgan fingerprint density at radius 1 is 0.522 bits per heavy atom. The second kappa shape index (κ2) is 15.6. The lowest BCUT2D eigenvalue weighted by atomic mass is 9.85. The number of halogens is 4. The fourth-order valence-electron chi connectivity index (χ4n) is 5.18. The first-order valence-corrected chi connectivity index (χ1v) is 20.4. The van der Waals surface area contributed by atoms with E-state index in [-0.39, 0.29) is 28.6 Å². The molecule has 0 saturated heterocycles. The second-order valence-corrected chi connectivity index (χ2v) is 20.7. The smallest absolute Gasteiger partial charge is 0.207 e. The first-order chi connectivity index (χ1) is 20.1. The van der Waals surface area contributed by atoms with Gasteiger partial charge in [-0.15, -0.1) is 0 Å². The minimum atomic E-state index is -3.76. The summed E-state index contributed by atoms with van der Waals surface area (Å²) in [7, 11) is 5.23. The maximum Gasteiger partial charge on any atom is 0.261 e. The summed E-state index contributed by atoms with van der Waals surface area (Å²) < 4.78 is 23.0. The third-order valence-corrected chi connectivity index (χ3v) is 13.7. The van der Waals surface area contributed by atoms with Crippen LogP contribution in [0.4, 0.5) is 0 Å². The van der Waals surface area contributed by atoms with Gasteiger partial charge in [-0.3, -0.25) is 0 Å². The molecule has 0 bridgehead atoms. The van der Waals surface area contributed by atoms with Crippen molar-refractivity contribution in [2.45, 2.75) is 142 Å². The molecule has 0 spiro atoms. The van der Waals surface area contributed by atoms with Crippen molar-refractivity contribution in [3.63, 3.8) is 0 Å². The van der Waals surface area contributed by atoms with Gasteiger partial charge in [0.15, 0.2) is 0 Å². The Balaban J connectivity index is 0.000000505. The van der Waals surface area contributed by atoms with Crippen molar-refractivity contribution in [2.24, 2.45) is 0 Å². The van der Waals surface area contributed by atoms with Crippen molar-refractivity contribution < 1.29 is 8.42 Å². The van der Waals surface area contributed by atoms with Gasteiger partial charge >= 0.3 is 0 Å². The molecule has 0 saturated carbocycles. The second-order valence-electron chi connectivity index (χ2n) is 14.9.